The summed E-state index contributed by atoms with van der Waals surface area (Å²) >= 11 is 11.8. The Labute approximate surface area is 150 Å². The number of hydrogen-bond acceptors (Lipinski definition) is 3. The second kappa shape index (κ2) is 8.13. The largest absolute Gasteiger partial charge is 0.338 e. The Morgan fingerprint density at radius 1 is 1.08 bits per heavy atom. The number of carbonyl (C=O) groups is 2. The fraction of sp³-hybridized carbons (Fsp3) is 0.235. The van der Waals surface area contributed by atoms with Crippen molar-refractivity contribution < 1.29 is 9.59 Å². The maximum absolute atomic E-state index is 12.4. The third-order valence-electron chi connectivity index (χ3n) is 3.41. The van der Waals surface area contributed by atoms with Crippen molar-refractivity contribution in [3.63, 3.8) is 0 Å². The lowest BCUT2D eigenvalue weighted by Crippen LogP contribution is -2.31. The van der Waals surface area contributed by atoms with Crippen molar-refractivity contribution in [2.75, 3.05) is 18.4 Å². The summed E-state index contributed by atoms with van der Waals surface area (Å²) in [6.45, 7) is 4.94. The van der Waals surface area contributed by atoms with Gasteiger partial charge in [0.05, 0.1) is 0 Å². The highest BCUT2D eigenvalue weighted by molar-refractivity contribution is 6.35. The smallest absolute Gasteiger partial charge is 0.272 e. The molecule has 0 aliphatic rings. The van der Waals surface area contributed by atoms with Gasteiger partial charge in [-0.2, -0.15) is 0 Å². The van der Waals surface area contributed by atoms with Crippen LogP contribution in [0, 0.1) is 0 Å². The summed E-state index contributed by atoms with van der Waals surface area (Å²) in [7, 11) is 0. The Morgan fingerprint density at radius 3 is 2.29 bits per heavy atom. The van der Waals surface area contributed by atoms with E-state index in [1.165, 1.54) is 12.3 Å². The van der Waals surface area contributed by atoms with Gasteiger partial charge in [-0.15, -0.1) is 0 Å². The van der Waals surface area contributed by atoms with Gasteiger partial charge in [-0.05, 0) is 44.2 Å². The summed E-state index contributed by atoms with van der Waals surface area (Å²) < 4.78 is 0. The van der Waals surface area contributed by atoms with Gasteiger partial charge in [0.15, 0.2) is 0 Å². The van der Waals surface area contributed by atoms with Gasteiger partial charge in [0.1, 0.15) is 5.69 Å². The van der Waals surface area contributed by atoms with Crippen LogP contribution in [0.2, 0.25) is 10.0 Å². The molecule has 126 valence electrons. The molecule has 0 saturated heterocycles. The summed E-state index contributed by atoms with van der Waals surface area (Å²) in [5, 5.41) is 3.55. The van der Waals surface area contributed by atoms with Crippen LogP contribution in [0.4, 0.5) is 5.69 Å². The third kappa shape index (κ3) is 4.46. The molecule has 2 aromatic rings. The van der Waals surface area contributed by atoms with Crippen LogP contribution < -0.4 is 5.32 Å². The van der Waals surface area contributed by atoms with Crippen LogP contribution in [0.15, 0.2) is 36.5 Å². The predicted molar refractivity (Wildman–Crippen MR) is 95.9 cm³/mol. The molecule has 0 aliphatic heterocycles. The minimum Gasteiger partial charge on any atom is -0.338 e. The van der Waals surface area contributed by atoms with Crippen molar-refractivity contribution in [1.82, 2.24) is 9.88 Å². The first-order valence-corrected chi connectivity index (χ1v) is 8.23. The predicted octanol–water partition coefficient (Wildman–Crippen LogP) is 4.12. The highest BCUT2D eigenvalue weighted by Gasteiger charge is 2.16. The Kier molecular flexibility index (Phi) is 6.17. The normalized spacial score (nSPS) is 10.3. The monoisotopic (exact) mass is 365 g/mol. The molecular weight excluding hydrogens is 349 g/mol. The zero-order valence-corrected chi connectivity index (χ0v) is 14.9. The van der Waals surface area contributed by atoms with E-state index in [0.29, 0.717) is 34.4 Å². The molecule has 1 aromatic carbocycles. The van der Waals surface area contributed by atoms with E-state index >= 15 is 0 Å². The molecule has 0 spiro atoms. The van der Waals surface area contributed by atoms with E-state index in [-0.39, 0.29) is 17.5 Å². The number of rotatable bonds is 5. The van der Waals surface area contributed by atoms with Gasteiger partial charge in [-0.3, -0.25) is 14.6 Å². The molecule has 0 radical (unpaired) electrons. The number of carbonyl (C=O) groups excluding carboxylic acids is 2. The molecule has 5 nitrogen and oxygen atoms in total. The number of aromatic nitrogens is 1. The van der Waals surface area contributed by atoms with E-state index in [0.717, 1.165) is 0 Å². The van der Waals surface area contributed by atoms with Gasteiger partial charge in [0.25, 0.3) is 11.8 Å². The Hall–Kier alpha value is -2.11. The minimum atomic E-state index is -0.371. The van der Waals surface area contributed by atoms with Crippen LogP contribution in [-0.4, -0.2) is 34.8 Å². The minimum absolute atomic E-state index is 0.208. The number of benzene rings is 1. The number of nitrogens with one attached hydrogen (secondary N) is 1. The van der Waals surface area contributed by atoms with Crippen LogP contribution in [0.5, 0.6) is 0 Å². The molecule has 7 heteroatoms. The number of nitrogens with zero attached hydrogens (tertiary/aromatic N) is 2. The average Bonchev–Trinajstić information content (AvgIpc) is 2.55. The number of amides is 2. The molecule has 0 atom stereocenters. The van der Waals surface area contributed by atoms with Crippen LogP contribution in [-0.2, 0) is 0 Å². The van der Waals surface area contributed by atoms with Crippen LogP contribution in [0.1, 0.15) is 34.7 Å². The van der Waals surface area contributed by atoms with E-state index < -0.39 is 0 Å². The maximum Gasteiger partial charge on any atom is 0.272 e. The zero-order valence-electron chi connectivity index (χ0n) is 13.3. The molecular formula is C17H17Cl2N3O2. The molecule has 24 heavy (non-hydrogen) atoms. The summed E-state index contributed by atoms with van der Waals surface area (Å²) in [6.07, 6.45) is 1.44. The van der Waals surface area contributed by atoms with E-state index in [1.54, 1.807) is 29.2 Å². The highest BCUT2D eigenvalue weighted by Crippen LogP contribution is 2.23. The highest BCUT2D eigenvalue weighted by atomic mass is 35.5. The molecule has 0 aliphatic carbocycles. The first-order chi connectivity index (χ1) is 11.4. The maximum atomic E-state index is 12.4. The van der Waals surface area contributed by atoms with Crippen molar-refractivity contribution in [2.24, 2.45) is 0 Å². The molecule has 2 rings (SSSR count). The lowest BCUT2D eigenvalue weighted by atomic mass is 10.2. The van der Waals surface area contributed by atoms with Gasteiger partial charge in [0, 0.05) is 40.6 Å². The van der Waals surface area contributed by atoms with Gasteiger partial charge >= 0.3 is 0 Å². The first-order valence-electron chi connectivity index (χ1n) is 7.47. The van der Waals surface area contributed by atoms with E-state index in [1.807, 2.05) is 13.8 Å². The second-order valence-corrected chi connectivity index (χ2v) is 5.89. The Bertz CT molecular complexity index is 741. The number of hydrogen-bond donors (Lipinski definition) is 1. The van der Waals surface area contributed by atoms with E-state index in [9.17, 15) is 9.59 Å². The van der Waals surface area contributed by atoms with E-state index in [4.69, 9.17) is 23.2 Å². The molecule has 2 amide bonds. The fourth-order valence-corrected chi connectivity index (χ4v) is 2.72. The molecule has 0 bridgehead atoms. The Morgan fingerprint density at radius 2 is 1.71 bits per heavy atom. The van der Waals surface area contributed by atoms with Crippen LogP contribution >= 0.6 is 23.2 Å². The van der Waals surface area contributed by atoms with Crippen molar-refractivity contribution in [2.45, 2.75) is 13.8 Å². The Balaban J connectivity index is 2.21. The quantitative estimate of drug-likeness (QED) is 0.866. The summed E-state index contributed by atoms with van der Waals surface area (Å²) in [5.41, 5.74) is 1.04. The van der Waals surface area contributed by atoms with Gasteiger partial charge in [-0.1, -0.05) is 23.2 Å². The SMILES string of the molecule is CCN(CC)C(=O)c1cc(C(=O)Nc2cc(Cl)cc(Cl)c2)ccn1. The van der Waals surface area contributed by atoms with Crippen molar-refractivity contribution in [3.05, 3.63) is 57.8 Å². The number of pyridine rings is 1. The molecule has 0 unspecified atom stereocenters. The van der Waals surface area contributed by atoms with Crippen molar-refractivity contribution in [3.8, 4) is 0 Å². The number of halogens is 2. The van der Waals surface area contributed by atoms with Gasteiger partial charge in [-0.25, -0.2) is 0 Å². The third-order valence-corrected chi connectivity index (χ3v) is 3.85. The summed E-state index contributed by atoms with van der Waals surface area (Å²) in [6, 6.07) is 7.78. The lowest BCUT2D eigenvalue weighted by molar-refractivity contribution is 0.0767. The molecule has 1 heterocycles. The zero-order chi connectivity index (χ0) is 17.7. The second-order valence-electron chi connectivity index (χ2n) is 5.02. The molecule has 0 fully saturated rings. The van der Waals surface area contributed by atoms with Crippen molar-refractivity contribution in [1.29, 1.82) is 0 Å². The molecule has 1 N–H and O–H groups in total. The lowest BCUT2D eigenvalue weighted by Gasteiger charge is -2.18. The standard InChI is InChI=1S/C17H17Cl2N3O2/c1-3-22(4-2)17(24)15-7-11(5-6-20-15)16(23)21-14-9-12(18)8-13(19)10-14/h5-10H,3-4H2,1-2H3,(H,21,23). The average molecular weight is 366 g/mol. The summed E-state index contributed by atoms with van der Waals surface area (Å²) in [5.74, 6) is -0.579. The first kappa shape index (κ1) is 18.2. The number of anilines is 1. The fourth-order valence-electron chi connectivity index (χ4n) is 2.19. The topological polar surface area (TPSA) is 62.3 Å². The van der Waals surface area contributed by atoms with Crippen molar-refractivity contribution >= 4 is 40.7 Å². The summed E-state index contributed by atoms with van der Waals surface area (Å²) in [4.78, 5) is 30.4. The van der Waals surface area contributed by atoms with Crippen LogP contribution in [0.3, 0.4) is 0 Å². The van der Waals surface area contributed by atoms with E-state index in [2.05, 4.69) is 10.3 Å². The van der Waals surface area contributed by atoms with Gasteiger partial charge in [0.2, 0.25) is 0 Å². The van der Waals surface area contributed by atoms with Crippen LogP contribution in [0.25, 0.3) is 0 Å². The molecule has 1 aromatic heterocycles. The molecule has 0 saturated carbocycles. The van der Waals surface area contributed by atoms with Gasteiger partial charge < -0.3 is 10.2 Å².